The highest BCUT2D eigenvalue weighted by Gasteiger charge is 2.29. The Labute approximate surface area is 278 Å². The number of furan rings is 1. The number of aromatic nitrogens is 2. The molecule has 0 N–H and O–H groups in total. The van der Waals surface area contributed by atoms with Crippen molar-refractivity contribution in [2.45, 2.75) is 78.6 Å². The zero-order valence-corrected chi connectivity index (χ0v) is 29.1. The molecule has 0 fully saturated rings. The van der Waals surface area contributed by atoms with Crippen LogP contribution in [-0.4, -0.2) is 9.97 Å². The molecule has 0 saturated carbocycles. The summed E-state index contributed by atoms with van der Waals surface area (Å²) in [6.07, 6.45) is 0. The van der Waals surface area contributed by atoms with Crippen molar-refractivity contribution >= 4 is 32.8 Å². The topological polar surface area (TPSA) is 38.9 Å². The van der Waals surface area contributed by atoms with Gasteiger partial charge in [-0.25, -0.2) is 9.97 Å². The van der Waals surface area contributed by atoms with Crippen LogP contribution in [0, 0.1) is 0 Å². The van der Waals surface area contributed by atoms with Gasteiger partial charge in [0.2, 0.25) is 0 Å². The number of benzene rings is 5. The number of hydrogen-bond donors (Lipinski definition) is 0. The molecular formula is C44H44N2O. The van der Waals surface area contributed by atoms with E-state index in [1.54, 1.807) is 0 Å². The fraction of sp³-hybridized carbons (Fsp3) is 0.273. The van der Waals surface area contributed by atoms with Gasteiger partial charge in [-0.05, 0) is 57.2 Å². The minimum atomic E-state index is -0.118. The Morgan fingerprint density at radius 3 is 1.85 bits per heavy atom. The highest BCUT2D eigenvalue weighted by atomic mass is 16.3. The van der Waals surface area contributed by atoms with Gasteiger partial charge in [-0.2, -0.15) is 0 Å². The van der Waals surface area contributed by atoms with E-state index in [-0.39, 0.29) is 16.2 Å². The molecule has 7 rings (SSSR count). The minimum absolute atomic E-state index is 0.0318. The Balaban J connectivity index is 1.57. The Hall–Kier alpha value is -4.76. The predicted molar refractivity (Wildman–Crippen MR) is 199 cm³/mol. The lowest BCUT2D eigenvalue weighted by Gasteiger charge is -2.25. The third-order valence-electron chi connectivity index (χ3n) is 9.29. The second kappa shape index (κ2) is 10.9. The molecule has 47 heavy (non-hydrogen) atoms. The lowest BCUT2D eigenvalue weighted by atomic mass is 9.79. The van der Waals surface area contributed by atoms with Crippen molar-refractivity contribution in [1.29, 1.82) is 0 Å². The zero-order chi connectivity index (χ0) is 33.3. The maximum Gasteiger partial charge on any atom is 0.161 e. The van der Waals surface area contributed by atoms with Gasteiger partial charge in [0, 0.05) is 38.4 Å². The highest BCUT2D eigenvalue weighted by Crippen LogP contribution is 2.46. The largest absolute Gasteiger partial charge is 0.455 e. The Morgan fingerprint density at radius 2 is 1.15 bits per heavy atom. The maximum absolute atomic E-state index is 7.01. The third kappa shape index (κ3) is 5.52. The first-order valence-corrected chi connectivity index (χ1v) is 16.7. The van der Waals surface area contributed by atoms with Crippen LogP contribution in [0.5, 0.6) is 0 Å². The first-order valence-electron chi connectivity index (χ1n) is 16.7. The van der Waals surface area contributed by atoms with E-state index in [0.717, 1.165) is 55.2 Å². The summed E-state index contributed by atoms with van der Waals surface area (Å²) in [4.78, 5) is 10.6. The summed E-state index contributed by atoms with van der Waals surface area (Å²) in [5.41, 5.74) is 11.6. The molecule has 236 valence electrons. The molecule has 0 atom stereocenters. The van der Waals surface area contributed by atoms with E-state index in [4.69, 9.17) is 14.4 Å². The van der Waals surface area contributed by atoms with Crippen LogP contribution >= 0.6 is 0 Å². The van der Waals surface area contributed by atoms with Gasteiger partial charge in [-0.3, -0.25) is 0 Å². The molecular weight excluding hydrogens is 572 g/mol. The van der Waals surface area contributed by atoms with Gasteiger partial charge in [0.15, 0.2) is 5.82 Å². The van der Waals surface area contributed by atoms with Gasteiger partial charge >= 0.3 is 0 Å². The van der Waals surface area contributed by atoms with Crippen LogP contribution in [0.2, 0.25) is 0 Å². The quantitative estimate of drug-likeness (QED) is 0.198. The molecule has 0 aliphatic rings. The van der Waals surface area contributed by atoms with E-state index in [9.17, 15) is 0 Å². The Bertz CT molecular complexity index is 2290. The monoisotopic (exact) mass is 616 g/mol. The fourth-order valence-corrected chi connectivity index (χ4v) is 6.64. The smallest absolute Gasteiger partial charge is 0.161 e. The maximum atomic E-state index is 7.01. The van der Waals surface area contributed by atoms with E-state index >= 15 is 0 Å². The number of nitrogens with zero attached hydrogens (tertiary/aromatic N) is 2. The lowest BCUT2D eigenvalue weighted by molar-refractivity contribution is 0.550. The second-order valence-electron chi connectivity index (χ2n) is 16.0. The van der Waals surface area contributed by atoms with E-state index in [1.165, 1.54) is 22.3 Å². The van der Waals surface area contributed by atoms with Crippen LogP contribution in [0.4, 0.5) is 0 Å². The molecule has 2 heterocycles. The van der Waals surface area contributed by atoms with Gasteiger partial charge in [-0.1, -0.05) is 141 Å². The summed E-state index contributed by atoms with van der Waals surface area (Å²) in [6.45, 7) is 20.4. The van der Waals surface area contributed by atoms with Gasteiger partial charge in [0.05, 0.1) is 11.2 Å². The van der Waals surface area contributed by atoms with Gasteiger partial charge in [0.1, 0.15) is 11.2 Å². The number of para-hydroxylation sites is 1. The molecule has 0 aliphatic heterocycles. The molecule has 7 aromatic rings. The van der Waals surface area contributed by atoms with E-state index in [1.807, 2.05) is 0 Å². The van der Waals surface area contributed by atoms with Crippen LogP contribution in [-0.2, 0) is 16.2 Å². The van der Waals surface area contributed by atoms with Crippen LogP contribution < -0.4 is 0 Å². The van der Waals surface area contributed by atoms with Crippen LogP contribution in [0.15, 0.2) is 108 Å². The van der Waals surface area contributed by atoms with Crippen molar-refractivity contribution in [3.8, 4) is 33.8 Å². The molecule has 0 saturated heterocycles. The second-order valence-corrected chi connectivity index (χ2v) is 16.0. The standard InChI is InChI=1S/C44H44N2O/c1-42(2,3)30-25-33-37-32(22-23-34(43(4,5)6)40(37)47-39(33)35(26-30)44(7,8)9)41-45-36-21-14-13-20-31(36)38(46-41)29-19-15-18-28(24-29)27-16-11-10-12-17-27/h10-26H,1-9H3. The molecule has 2 aromatic heterocycles. The molecule has 3 nitrogen and oxygen atoms in total. The average Bonchev–Trinajstić information content (AvgIpc) is 3.42. The van der Waals surface area contributed by atoms with E-state index in [0.29, 0.717) is 5.82 Å². The molecule has 0 unspecified atom stereocenters. The first kappa shape index (κ1) is 30.9. The summed E-state index contributed by atoms with van der Waals surface area (Å²) in [5, 5.41) is 3.25. The average molecular weight is 617 g/mol. The Kier molecular flexibility index (Phi) is 7.17. The van der Waals surface area contributed by atoms with E-state index in [2.05, 4.69) is 165 Å². The molecule has 0 amide bonds. The molecule has 3 heteroatoms. The Morgan fingerprint density at radius 1 is 0.489 bits per heavy atom. The van der Waals surface area contributed by atoms with Gasteiger partial charge in [-0.15, -0.1) is 0 Å². The predicted octanol–water partition coefficient (Wildman–Crippen LogP) is 12.4. The summed E-state index contributed by atoms with van der Waals surface area (Å²) in [5.74, 6) is 0.704. The van der Waals surface area contributed by atoms with Gasteiger partial charge in [0.25, 0.3) is 0 Å². The SMILES string of the molecule is CC(C)(C)c1cc(C(C)(C)C)c2oc3c(C(C)(C)C)ccc(-c4nc(-c5cccc(-c6ccccc6)c5)c5ccccc5n4)c3c2c1. The zero-order valence-electron chi connectivity index (χ0n) is 29.1. The number of rotatable bonds is 3. The van der Waals surface area contributed by atoms with Crippen molar-refractivity contribution in [2.24, 2.45) is 0 Å². The number of fused-ring (bicyclic) bond motifs is 4. The van der Waals surface area contributed by atoms with Gasteiger partial charge < -0.3 is 4.42 Å². The molecule has 0 aliphatic carbocycles. The summed E-state index contributed by atoms with van der Waals surface area (Å²) < 4.78 is 7.01. The summed E-state index contributed by atoms with van der Waals surface area (Å²) in [6, 6.07) is 36.7. The van der Waals surface area contributed by atoms with Crippen LogP contribution in [0.25, 0.3) is 66.6 Å². The van der Waals surface area contributed by atoms with E-state index < -0.39 is 0 Å². The molecule has 5 aromatic carbocycles. The summed E-state index contributed by atoms with van der Waals surface area (Å²) in [7, 11) is 0. The third-order valence-corrected chi connectivity index (χ3v) is 9.29. The molecule has 0 bridgehead atoms. The van der Waals surface area contributed by atoms with Crippen LogP contribution in [0.1, 0.15) is 79.0 Å². The first-order chi connectivity index (χ1) is 22.2. The molecule has 0 spiro atoms. The highest BCUT2D eigenvalue weighted by molar-refractivity contribution is 6.14. The molecule has 0 radical (unpaired) electrons. The fourth-order valence-electron chi connectivity index (χ4n) is 6.64. The van der Waals surface area contributed by atoms with Crippen LogP contribution in [0.3, 0.4) is 0 Å². The van der Waals surface area contributed by atoms with Crippen molar-refractivity contribution in [3.05, 3.63) is 120 Å². The van der Waals surface area contributed by atoms with Crippen molar-refractivity contribution in [1.82, 2.24) is 9.97 Å². The summed E-state index contributed by atoms with van der Waals surface area (Å²) >= 11 is 0. The number of hydrogen-bond acceptors (Lipinski definition) is 3. The van der Waals surface area contributed by atoms with Crippen molar-refractivity contribution in [3.63, 3.8) is 0 Å². The lowest BCUT2D eigenvalue weighted by Crippen LogP contribution is -2.16. The van der Waals surface area contributed by atoms with Crippen molar-refractivity contribution < 1.29 is 4.42 Å². The normalized spacial score (nSPS) is 12.8. The minimum Gasteiger partial charge on any atom is -0.455 e. The van der Waals surface area contributed by atoms with Crippen molar-refractivity contribution in [2.75, 3.05) is 0 Å².